The molecule has 51 heavy (non-hydrogen) atoms. The SMILES string of the molecule is COc1ccc(OC(=O)O[C@@H](Cc2c(Cl)c[n+]([O-])cc2Cl)c2ccc(OC(F)F)c(OCC3CC3)c2)cc1N(CCN1CCOCC1)S(C)(=O)=O. The van der Waals surface area contributed by atoms with Crippen LogP contribution in [-0.2, 0) is 25.9 Å². The lowest BCUT2D eigenvalue weighted by molar-refractivity contribution is -0.605. The van der Waals surface area contributed by atoms with E-state index in [4.69, 9.17) is 46.9 Å². The van der Waals surface area contributed by atoms with Crippen molar-refractivity contribution >= 4 is 45.1 Å². The lowest BCUT2D eigenvalue weighted by Crippen LogP contribution is -2.43. The summed E-state index contributed by atoms with van der Waals surface area (Å²) in [5, 5.41) is 11.9. The monoisotopic (exact) mass is 775 g/mol. The predicted octanol–water partition coefficient (Wildman–Crippen LogP) is 5.62. The molecule has 0 spiro atoms. The van der Waals surface area contributed by atoms with Crippen LogP contribution >= 0.6 is 23.2 Å². The number of carbonyl (C=O) groups excluding carboxylic acids is 1. The van der Waals surface area contributed by atoms with E-state index in [9.17, 15) is 27.2 Å². The van der Waals surface area contributed by atoms with Crippen molar-refractivity contribution in [1.82, 2.24) is 4.90 Å². The van der Waals surface area contributed by atoms with Gasteiger partial charge in [0.05, 0.1) is 38.9 Å². The Kier molecular flexibility index (Phi) is 12.9. The van der Waals surface area contributed by atoms with Crippen molar-refractivity contribution in [3.8, 4) is 23.0 Å². The Morgan fingerprint density at radius 1 is 1.08 bits per heavy atom. The van der Waals surface area contributed by atoms with Crippen LogP contribution in [0.15, 0.2) is 48.8 Å². The molecule has 2 aliphatic rings. The van der Waals surface area contributed by atoms with Gasteiger partial charge < -0.3 is 33.6 Å². The number of rotatable bonds is 16. The Morgan fingerprint density at radius 3 is 2.39 bits per heavy atom. The number of pyridine rings is 1. The van der Waals surface area contributed by atoms with Crippen molar-refractivity contribution in [2.75, 3.05) is 63.7 Å². The molecule has 5 rings (SSSR count). The maximum absolute atomic E-state index is 13.4. The Hall–Kier alpha value is -3.83. The number of morpholine rings is 1. The number of carbonyl (C=O) groups is 1. The zero-order valence-electron chi connectivity index (χ0n) is 27.8. The van der Waals surface area contributed by atoms with Crippen LogP contribution in [0.2, 0.25) is 10.0 Å². The minimum atomic E-state index is -3.81. The third-order valence-corrected chi connectivity index (χ3v) is 9.99. The van der Waals surface area contributed by atoms with Crippen LogP contribution in [0.3, 0.4) is 0 Å². The number of aromatic nitrogens is 1. The summed E-state index contributed by atoms with van der Waals surface area (Å²) < 4.78 is 86.5. The first-order chi connectivity index (χ1) is 24.3. The van der Waals surface area contributed by atoms with Crippen LogP contribution < -0.4 is 28.0 Å². The minimum absolute atomic E-state index is 0.00191. The van der Waals surface area contributed by atoms with Gasteiger partial charge in [-0.25, -0.2) is 13.2 Å². The fraction of sp³-hybridized carbons (Fsp3) is 0.455. The van der Waals surface area contributed by atoms with E-state index >= 15 is 0 Å². The lowest BCUT2D eigenvalue weighted by atomic mass is 10.0. The molecule has 0 N–H and O–H groups in total. The van der Waals surface area contributed by atoms with Gasteiger partial charge in [-0.3, -0.25) is 9.21 Å². The molecule has 2 aromatic carbocycles. The number of ether oxygens (including phenoxy) is 6. The highest BCUT2D eigenvalue weighted by molar-refractivity contribution is 7.92. The molecule has 1 saturated carbocycles. The van der Waals surface area contributed by atoms with Crippen LogP contribution in [0.5, 0.6) is 23.0 Å². The van der Waals surface area contributed by atoms with Crippen molar-refractivity contribution in [2.45, 2.75) is 32.0 Å². The van der Waals surface area contributed by atoms with E-state index in [2.05, 4.69) is 9.64 Å². The highest BCUT2D eigenvalue weighted by atomic mass is 35.5. The Bertz CT molecular complexity index is 1770. The standard InChI is InChI=1S/C33H37Cl2F2N3O10S/c1-45-28-8-6-23(16-27(28)40(51(2,43)44)10-9-38-11-13-46-14-12-38)48-33(41)50-30(17-24-25(34)18-39(42)19-26(24)35)22-5-7-29(49-32(36)37)31(15-22)47-20-21-3-4-21/h5-8,15-16,18-19,21,30,32H,3-4,9-14,17,20H2,1-2H3/t30-/m0/s1. The number of sulfonamides is 1. The average Bonchev–Trinajstić information content (AvgIpc) is 3.90. The molecule has 2 heterocycles. The Labute approximate surface area is 304 Å². The van der Waals surface area contributed by atoms with Gasteiger partial charge in [-0.2, -0.15) is 13.5 Å². The molecule has 0 amide bonds. The predicted molar refractivity (Wildman–Crippen MR) is 183 cm³/mol. The van der Waals surface area contributed by atoms with Gasteiger partial charge in [0.1, 0.15) is 27.6 Å². The third kappa shape index (κ3) is 10.8. The average molecular weight is 777 g/mol. The normalized spacial score (nSPS) is 15.7. The molecule has 1 saturated heterocycles. The molecule has 0 bridgehead atoms. The van der Waals surface area contributed by atoms with Crippen molar-refractivity contribution in [1.29, 1.82) is 0 Å². The topological polar surface area (TPSA) is 140 Å². The van der Waals surface area contributed by atoms with E-state index in [0.717, 1.165) is 35.8 Å². The first-order valence-electron chi connectivity index (χ1n) is 15.9. The van der Waals surface area contributed by atoms with Gasteiger partial charge in [0, 0.05) is 44.2 Å². The van der Waals surface area contributed by atoms with E-state index in [1.807, 2.05) is 0 Å². The Morgan fingerprint density at radius 2 is 1.76 bits per heavy atom. The largest absolute Gasteiger partial charge is 0.619 e. The maximum atomic E-state index is 13.4. The van der Waals surface area contributed by atoms with Gasteiger partial charge in [0.15, 0.2) is 23.9 Å². The second-order valence-corrected chi connectivity index (χ2v) is 14.6. The van der Waals surface area contributed by atoms with Crippen molar-refractivity contribution in [3.05, 3.63) is 75.2 Å². The molecule has 0 radical (unpaired) electrons. The molecule has 0 unspecified atom stereocenters. The molecule has 18 heteroatoms. The van der Waals surface area contributed by atoms with Gasteiger partial charge in [0.2, 0.25) is 10.0 Å². The van der Waals surface area contributed by atoms with Gasteiger partial charge in [0.25, 0.3) is 0 Å². The van der Waals surface area contributed by atoms with Crippen LogP contribution in [-0.4, -0.2) is 85.4 Å². The van der Waals surface area contributed by atoms with E-state index in [-0.39, 0.29) is 75.3 Å². The summed E-state index contributed by atoms with van der Waals surface area (Å²) in [6.07, 6.45) is 2.53. The summed E-state index contributed by atoms with van der Waals surface area (Å²) in [7, 11) is -2.43. The van der Waals surface area contributed by atoms with Crippen molar-refractivity contribution in [2.24, 2.45) is 5.92 Å². The van der Waals surface area contributed by atoms with Crippen LogP contribution in [0.1, 0.15) is 30.1 Å². The van der Waals surface area contributed by atoms with Crippen molar-refractivity contribution < 1.29 is 55.1 Å². The number of benzene rings is 2. The summed E-state index contributed by atoms with van der Waals surface area (Å²) in [6.45, 7) is 0.0373. The molecule has 3 aromatic rings. The first-order valence-corrected chi connectivity index (χ1v) is 18.5. The van der Waals surface area contributed by atoms with Gasteiger partial charge in [-0.15, -0.1) is 0 Å². The fourth-order valence-corrected chi connectivity index (χ4v) is 6.86. The number of halogens is 4. The van der Waals surface area contributed by atoms with Crippen LogP contribution in [0, 0.1) is 11.1 Å². The fourth-order valence-electron chi connectivity index (χ4n) is 5.35. The molecule has 1 aliphatic heterocycles. The summed E-state index contributed by atoms with van der Waals surface area (Å²) in [6, 6.07) is 8.27. The third-order valence-electron chi connectivity index (χ3n) is 8.16. The molecular weight excluding hydrogens is 739 g/mol. The van der Waals surface area contributed by atoms with Gasteiger partial charge in [-0.1, -0.05) is 29.3 Å². The molecule has 278 valence electrons. The van der Waals surface area contributed by atoms with E-state index in [0.29, 0.717) is 37.6 Å². The molecule has 2 fully saturated rings. The van der Waals surface area contributed by atoms with E-state index < -0.39 is 28.9 Å². The van der Waals surface area contributed by atoms with E-state index in [1.54, 1.807) is 0 Å². The smallest absolute Gasteiger partial charge is 0.514 e. The Balaban J connectivity index is 1.42. The van der Waals surface area contributed by atoms with Gasteiger partial charge in [-0.05, 0) is 48.6 Å². The summed E-state index contributed by atoms with van der Waals surface area (Å²) in [4.78, 5) is 15.5. The van der Waals surface area contributed by atoms with Gasteiger partial charge >= 0.3 is 12.8 Å². The highest BCUT2D eigenvalue weighted by Gasteiger charge is 2.28. The number of nitrogens with zero attached hydrogens (tertiary/aromatic N) is 3. The zero-order valence-corrected chi connectivity index (χ0v) is 30.1. The first kappa shape index (κ1) is 38.4. The quantitative estimate of drug-likeness (QED) is 0.0775. The lowest BCUT2D eigenvalue weighted by Gasteiger charge is -2.30. The highest BCUT2D eigenvalue weighted by Crippen LogP contribution is 2.39. The number of alkyl halides is 2. The minimum Gasteiger partial charge on any atom is -0.619 e. The second-order valence-electron chi connectivity index (χ2n) is 11.9. The zero-order chi connectivity index (χ0) is 36.7. The summed E-state index contributed by atoms with van der Waals surface area (Å²) >= 11 is 12.7. The molecule has 13 nitrogen and oxygen atoms in total. The summed E-state index contributed by atoms with van der Waals surface area (Å²) in [5.41, 5.74) is 0.676. The summed E-state index contributed by atoms with van der Waals surface area (Å²) in [5.74, 6) is 0.223. The number of methoxy groups -OCH3 is 1. The van der Waals surface area contributed by atoms with Crippen molar-refractivity contribution in [3.63, 3.8) is 0 Å². The van der Waals surface area contributed by atoms with Crippen LogP contribution in [0.4, 0.5) is 19.3 Å². The second kappa shape index (κ2) is 17.1. The maximum Gasteiger partial charge on any atom is 0.514 e. The molecular formula is C33H37Cl2F2N3O10S. The van der Waals surface area contributed by atoms with Crippen LogP contribution in [0.25, 0.3) is 0 Å². The number of hydrogen-bond acceptors (Lipinski definition) is 11. The molecule has 1 aliphatic carbocycles. The molecule has 1 atom stereocenters. The van der Waals surface area contributed by atoms with E-state index in [1.165, 1.54) is 43.5 Å². The molecule has 1 aromatic heterocycles. The number of anilines is 1. The number of hydrogen-bond donors (Lipinski definition) is 0.